The number of aryl methyl sites for hydroxylation is 1. The van der Waals surface area contributed by atoms with Gasteiger partial charge in [-0.2, -0.15) is 0 Å². The highest BCUT2D eigenvalue weighted by atomic mass is 32.1. The normalized spacial score (nSPS) is 22.8. The van der Waals surface area contributed by atoms with Crippen molar-refractivity contribution in [1.82, 2.24) is 15.2 Å². The van der Waals surface area contributed by atoms with Gasteiger partial charge in [-0.15, -0.1) is 11.3 Å². The van der Waals surface area contributed by atoms with Crippen LogP contribution in [0.4, 0.5) is 0 Å². The van der Waals surface area contributed by atoms with E-state index in [1.165, 1.54) is 0 Å². The number of carbonyl (C=O) groups excluding carboxylic acids is 2. The number of nitrogens with one attached hydrogen (secondary N) is 1. The summed E-state index contributed by atoms with van der Waals surface area (Å²) in [5.41, 5.74) is 1.00. The molecule has 2 heterocycles. The zero-order valence-corrected chi connectivity index (χ0v) is 13.9. The number of carbonyl (C=O) groups is 2. The van der Waals surface area contributed by atoms with Crippen LogP contribution >= 0.6 is 11.3 Å². The smallest absolute Gasteiger partial charge is 0.245 e. The van der Waals surface area contributed by atoms with Gasteiger partial charge in [0.25, 0.3) is 0 Å². The highest BCUT2D eigenvalue weighted by molar-refractivity contribution is 7.09. The molecule has 1 aliphatic rings. The molecule has 1 aromatic rings. The summed E-state index contributed by atoms with van der Waals surface area (Å²) in [5.74, 6) is 0.0978. The molecule has 6 heteroatoms. The van der Waals surface area contributed by atoms with Crippen LogP contribution < -0.4 is 5.32 Å². The predicted molar refractivity (Wildman–Crippen MR) is 83.1 cm³/mol. The maximum atomic E-state index is 12.5. The fourth-order valence-corrected chi connectivity index (χ4v) is 3.48. The first kappa shape index (κ1) is 15.9. The maximum absolute atomic E-state index is 12.5. The molecule has 0 spiro atoms. The average molecular weight is 309 g/mol. The largest absolute Gasteiger partial charge is 0.343 e. The van der Waals surface area contributed by atoms with Crippen LogP contribution in [0.25, 0.3) is 0 Å². The van der Waals surface area contributed by atoms with Gasteiger partial charge in [-0.1, -0.05) is 20.8 Å². The number of hydrogen-bond donors (Lipinski definition) is 1. The topological polar surface area (TPSA) is 62.3 Å². The van der Waals surface area contributed by atoms with Crippen molar-refractivity contribution in [3.63, 3.8) is 0 Å². The van der Waals surface area contributed by atoms with Gasteiger partial charge in [-0.25, -0.2) is 4.98 Å². The van der Waals surface area contributed by atoms with Crippen LogP contribution in [0, 0.1) is 12.8 Å². The molecule has 0 saturated carbocycles. The Bertz CT molecular complexity index is 527. The second kappa shape index (κ2) is 6.56. The van der Waals surface area contributed by atoms with Crippen LogP contribution in [0.2, 0.25) is 0 Å². The SMILES string of the molecule is CCC1NC(=O)C(C(C)C)N(CCc2nc(C)cs2)C1=O. The third kappa shape index (κ3) is 3.43. The Morgan fingerprint density at radius 1 is 1.43 bits per heavy atom. The van der Waals surface area contributed by atoms with E-state index in [4.69, 9.17) is 0 Å². The van der Waals surface area contributed by atoms with E-state index in [0.29, 0.717) is 19.4 Å². The molecule has 0 radical (unpaired) electrons. The summed E-state index contributed by atoms with van der Waals surface area (Å²) in [6.45, 7) is 8.39. The zero-order valence-electron chi connectivity index (χ0n) is 13.0. The summed E-state index contributed by atoms with van der Waals surface area (Å²) in [4.78, 5) is 31.0. The Labute approximate surface area is 129 Å². The summed E-state index contributed by atoms with van der Waals surface area (Å²) >= 11 is 1.61. The molecular weight excluding hydrogens is 286 g/mol. The Kier molecular flexibility index (Phi) is 4.98. The number of thiazole rings is 1. The average Bonchev–Trinajstić information content (AvgIpc) is 2.84. The molecule has 1 fully saturated rings. The molecule has 1 aliphatic heterocycles. The standard InChI is InChI=1S/C15H23N3O2S/c1-5-11-15(20)18(13(9(2)3)14(19)17-11)7-6-12-16-10(4)8-21-12/h8-9,11,13H,5-7H2,1-4H3,(H,17,19). The fraction of sp³-hybridized carbons (Fsp3) is 0.667. The molecule has 2 unspecified atom stereocenters. The number of piperazine rings is 1. The number of aromatic nitrogens is 1. The Balaban J connectivity index is 2.13. The first-order valence-corrected chi connectivity index (χ1v) is 8.33. The Hall–Kier alpha value is -1.43. The van der Waals surface area contributed by atoms with Gasteiger partial charge in [-0.3, -0.25) is 9.59 Å². The molecule has 5 nitrogen and oxygen atoms in total. The lowest BCUT2D eigenvalue weighted by atomic mass is 9.96. The van der Waals surface area contributed by atoms with Crippen molar-refractivity contribution in [2.45, 2.75) is 52.6 Å². The Morgan fingerprint density at radius 2 is 2.14 bits per heavy atom. The number of amides is 2. The van der Waals surface area contributed by atoms with Crippen molar-refractivity contribution in [1.29, 1.82) is 0 Å². The predicted octanol–water partition coefficient (Wildman–Crippen LogP) is 1.76. The zero-order chi connectivity index (χ0) is 15.6. The fourth-order valence-electron chi connectivity index (χ4n) is 2.72. The van der Waals surface area contributed by atoms with E-state index in [-0.39, 0.29) is 29.8 Å². The molecule has 2 rings (SSSR count). The third-order valence-electron chi connectivity index (χ3n) is 3.77. The maximum Gasteiger partial charge on any atom is 0.245 e. The van der Waals surface area contributed by atoms with Crippen molar-refractivity contribution in [2.75, 3.05) is 6.54 Å². The minimum atomic E-state index is -0.384. The van der Waals surface area contributed by atoms with Crippen LogP contribution in [-0.4, -0.2) is 40.3 Å². The summed E-state index contributed by atoms with van der Waals surface area (Å²) in [5, 5.41) is 5.86. The van der Waals surface area contributed by atoms with E-state index in [1.54, 1.807) is 16.2 Å². The van der Waals surface area contributed by atoms with Gasteiger partial charge >= 0.3 is 0 Å². The second-order valence-corrected chi connectivity index (χ2v) is 6.77. The minimum Gasteiger partial charge on any atom is -0.343 e. The Morgan fingerprint density at radius 3 is 2.67 bits per heavy atom. The lowest BCUT2D eigenvalue weighted by molar-refractivity contribution is -0.151. The van der Waals surface area contributed by atoms with Gasteiger partial charge in [0.2, 0.25) is 11.8 Å². The summed E-state index contributed by atoms with van der Waals surface area (Å²) in [7, 11) is 0. The lowest BCUT2D eigenvalue weighted by Gasteiger charge is -2.40. The molecule has 2 atom stereocenters. The first-order chi connectivity index (χ1) is 9.93. The van der Waals surface area contributed by atoms with Crippen LogP contribution in [0.3, 0.4) is 0 Å². The van der Waals surface area contributed by atoms with Crippen LogP contribution in [-0.2, 0) is 16.0 Å². The van der Waals surface area contributed by atoms with E-state index >= 15 is 0 Å². The van der Waals surface area contributed by atoms with Gasteiger partial charge in [0, 0.05) is 24.0 Å². The third-order valence-corrected chi connectivity index (χ3v) is 4.80. The molecule has 1 saturated heterocycles. The molecular formula is C15H23N3O2S. The van der Waals surface area contributed by atoms with E-state index in [1.807, 2.05) is 33.1 Å². The van der Waals surface area contributed by atoms with E-state index in [2.05, 4.69) is 10.3 Å². The molecule has 0 aromatic carbocycles. The summed E-state index contributed by atoms with van der Waals surface area (Å²) < 4.78 is 0. The highest BCUT2D eigenvalue weighted by Crippen LogP contribution is 2.20. The van der Waals surface area contributed by atoms with Crippen molar-refractivity contribution in [2.24, 2.45) is 5.92 Å². The minimum absolute atomic E-state index is 0.0316. The van der Waals surface area contributed by atoms with Crippen LogP contribution in [0.1, 0.15) is 37.9 Å². The molecule has 0 bridgehead atoms. The number of nitrogens with zero attached hydrogens (tertiary/aromatic N) is 2. The first-order valence-electron chi connectivity index (χ1n) is 7.45. The molecule has 0 aliphatic carbocycles. The quantitative estimate of drug-likeness (QED) is 0.901. The van der Waals surface area contributed by atoms with Gasteiger partial charge < -0.3 is 10.2 Å². The number of hydrogen-bond acceptors (Lipinski definition) is 4. The monoisotopic (exact) mass is 309 g/mol. The molecule has 21 heavy (non-hydrogen) atoms. The van der Waals surface area contributed by atoms with Gasteiger partial charge in [-0.05, 0) is 19.3 Å². The van der Waals surface area contributed by atoms with E-state index in [9.17, 15) is 9.59 Å². The van der Waals surface area contributed by atoms with Crippen molar-refractivity contribution in [3.05, 3.63) is 16.1 Å². The second-order valence-electron chi connectivity index (χ2n) is 5.82. The van der Waals surface area contributed by atoms with Crippen molar-refractivity contribution in [3.8, 4) is 0 Å². The van der Waals surface area contributed by atoms with Crippen molar-refractivity contribution >= 4 is 23.2 Å². The highest BCUT2D eigenvalue weighted by Gasteiger charge is 2.40. The molecule has 2 amide bonds. The van der Waals surface area contributed by atoms with E-state index in [0.717, 1.165) is 10.7 Å². The molecule has 1 aromatic heterocycles. The van der Waals surface area contributed by atoms with Crippen molar-refractivity contribution < 1.29 is 9.59 Å². The van der Waals surface area contributed by atoms with Gasteiger partial charge in [0.05, 0.1) is 5.01 Å². The number of rotatable bonds is 5. The van der Waals surface area contributed by atoms with Gasteiger partial charge in [0.1, 0.15) is 12.1 Å². The molecule has 116 valence electrons. The summed E-state index contributed by atoms with van der Waals surface area (Å²) in [6, 6.07) is -0.758. The van der Waals surface area contributed by atoms with E-state index < -0.39 is 0 Å². The van der Waals surface area contributed by atoms with Gasteiger partial charge in [0.15, 0.2) is 0 Å². The lowest BCUT2D eigenvalue weighted by Crippen LogP contribution is -2.64. The summed E-state index contributed by atoms with van der Waals surface area (Å²) in [6.07, 6.45) is 1.33. The molecule has 1 N–H and O–H groups in total. The van der Waals surface area contributed by atoms with Crippen LogP contribution in [0.5, 0.6) is 0 Å². The van der Waals surface area contributed by atoms with Crippen LogP contribution in [0.15, 0.2) is 5.38 Å².